The minimum atomic E-state index is -0.268. The smallest absolute Gasteiger partial charge is 0.343 e. The molecule has 1 atom stereocenters. The average Bonchev–Trinajstić information content (AvgIpc) is 3.23. The molecule has 0 unspecified atom stereocenters. The van der Waals surface area contributed by atoms with Gasteiger partial charge in [0, 0.05) is 22.0 Å². The molecule has 0 bridgehead atoms. The Balaban J connectivity index is 1.60. The Morgan fingerprint density at radius 1 is 1.14 bits per heavy atom. The van der Waals surface area contributed by atoms with Crippen LogP contribution in [0.3, 0.4) is 0 Å². The fourth-order valence-electron chi connectivity index (χ4n) is 4.01. The number of rotatable bonds is 1. The number of hydrogen-bond donors (Lipinski definition) is 1. The maximum Gasteiger partial charge on any atom is 0.343 e. The van der Waals surface area contributed by atoms with Crippen LogP contribution in [0, 0.1) is 20.8 Å². The van der Waals surface area contributed by atoms with Crippen LogP contribution in [0.5, 0.6) is 5.75 Å². The van der Waals surface area contributed by atoms with Gasteiger partial charge in [-0.1, -0.05) is 30.3 Å². The monoisotopic (exact) mass is 372 g/mol. The lowest BCUT2D eigenvalue weighted by molar-refractivity contribution is 0.231. The second-order valence-electron chi connectivity index (χ2n) is 7.29. The highest BCUT2D eigenvalue weighted by Gasteiger charge is 2.27. The zero-order chi connectivity index (χ0) is 19.4. The summed E-state index contributed by atoms with van der Waals surface area (Å²) in [5.74, 6) is 0.831. The number of carbonyl (C=O) groups excluding carboxylic acids is 1. The molecule has 140 valence electrons. The largest absolute Gasteiger partial charge is 0.491 e. The first-order chi connectivity index (χ1) is 13.5. The number of benzene rings is 2. The number of ether oxygens (including phenoxy) is 1. The zero-order valence-electron chi connectivity index (χ0n) is 16.0. The van der Waals surface area contributed by atoms with Crippen LogP contribution in [0.25, 0.3) is 21.8 Å². The lowest BCUT2D eigenvalue weighted by Crippen LogP contribution is -2.33. The third kappa shape index (κ3) is 2.45. The minimum absolute atomic E-state index is 0.197. The Bertz CT molecular complexity index is 1260. The molecule has 1 aliphatic rings. The van der Waals surface area contributed by atoms with Crippen LogP contribution in [0.4, 0.5) is 4.79 Å². The molecule has 1 amide bonds. The van der Waals surface area contributed by atoms with E-state index in [0.717, 1.165) is 50.1 Å². The average molecular weight is 372 g/mol. The SMILES string of the molecule is Cc1ccc2c(c1)OC[C@H]2NC(=O)n1nc(C)c2c(C)nc3ccccc3c21. The number of aryl methyl sites for hydroxylation is 3. The lowest BCUT2D eigenvalue weighted by atomic mass is 10.1. The van der Waals surface area contributed by atoms with Crippen LogP contribution in [0.15, 0.2) is 42.5 Å². The minimum Gasteiger partial charge on any atom is -0.491 e. The Morgan fingerprint density at radius 2 is 1.96 bits per heavy atom. The van der Waals surface area contributed by atoms with E-state index in [2.05, 4.69) is 15.4 Å². The molecule has 3 heterocycles. The van der Waals surface area contributed by atoms with Crippen LogP contribution >= 0.6 is 0 Å². The fraction of sp³-hybridized carbons (Fsp3) is 0.227. The van der Waals surface area contributed by atoms with Crippen molar-refractivity contribution in [3.05, 3.63) is 65.0 Å². The van der Waals surface area contributed by atoms with Crippen molar-refractivity contribution in [1.82, 2.24) is 20.1 Å². The molecule has 0 fully saturated rings. The first-order valence-corrected chi connectivity index (χ1v) is 9.32. The van der Waals surface area contributed by atoms with E-state index in [1.54, 1.807) is 0 Å². The number of amides is 1. The van der Waals surface area contributed by atoms with Crippen LogP contribution < -0.4 is 10.1 Å². The molecule has 1 N–H and O–H groups in total. The van der Waals surface area contributed by atoms with Gasteiger partial charge in [0.25, 0.3) is 0 Å². The number of hydrogen-bond acceptors (Lipinski definition) is 4. The van der Waals surface area contributed by atoms with Crippen molar-refractivity contribution in [1.29, 1.82) is 0 Å². The maximum absolute atomic E-state index is 13.2. The van der Waals surface area contributed by atoms with Gasteiger partial charge in [-0.2, -0.15) is 9.78 Å². The molecule has 5 rings (SSSR count). The van der Waals surface area contributed by atoms with E-state index in [0.29, 0.717) is 6.61 Å². The Hall–Kier alpha value is -3.41. The topological polar surface area (TPSA) is 69.0 Å². The van der Waals surface area contributed by atoms with Crippen molar-refractivity contribution in [2.45, 2.75) is 26.8 Å². The molecule has 6 heteroatoms. The summed E-state index contributed by atoms with van der Waals surface area (Å²) in [5.41, 5.74) is 5.44. The molecule has 0 spiro atoms. The van der Waals surface area contributed by atoms with E-state index in [1.165, 1.54) is 4.68 Å². The van der Waals surface area contributed by atoms with Gasteiger partial charge in [-0.3, -0.25) is 4.98 Å². The molecule has 4 aromatic rings. The third-order valence-electron chi connectivity index (χ3n) is 5.31. The van der Waals surface area contributed by atoms with Crippen molar-refractivity contribution in [2.75, 3.05) is 6.61 Å². The highest BCUT2D eigenvalue weighted by Crippen LogP contribution is 2.33. The van der Waals surface area contributed by atoms with Crippen LogP contribution in [-0.4, -0.2) is 27.4 Å². The van der Waals surface area contributed by atoms with Gasteiger partial charge >= 0.3 is 6.03 Å². The Labute approximate surface area is 162 Å². The summed E-state index contributed by atoms with van der Waals surface area (Å²) in [6, 6.07) is 13.4. The molecular formula is C22H20N4O2. The molecule has 6 nitrogen and oxygen atoms in total. The first kappa shape index (κ1) is 16.7. The number of nitrogens with one attached hydrogen (secondary N) is 1. The summed E-state index contributed by atoms with van der Waals surface area (Å²) in [7, 11) is 0. The molecule has 0 saturated heterocycles. The molecule has 2 aromatic carbocycles. The number of para-hydroxylation sites is 1. The Morgan fingerprint density at radius 3 is 2.82 bits per heavy atom. The molecule has 0 aliphatic carbocycles. The van der Waals surface area contributed by atoms with Crippen molar-refractivity contribution in [3.63, 3.8) is 0 Å². The third-order valence-corrected chi connectivity index (χ3v) is 5.31. The van der Waals surface area contributed by atoms with E-state index in [4.69, 9.17) is 4.74 Å². The van der Waals surface area contributed by atoms with E-state index in [9.17, 15) is 4.79 Å². The molecule has 0 radical (unpaired) electrons. The van der Waals surface area contributed by atoms with E-state index < -0.39 is 0 Å². The summed E-state index contributed by atoms with van der Waals surface area (Å²) in [6.45, 7) is 6.31. The number of carbonyl (C=O) groups is 1. The van der Waals surface area contributed by atoms with Crippen LogP contribution in [0.2, 0.25) is 0 Å². The molecule has 28 heavy (non-hydrogen) atoms. The standard InChI is InChI=1S/C22H20N4O2/c1-12-8-9-15-18(11-28-19(15)10-12)24-22(27)26-21-16-6-4-5-7-17(16)23-13(2)20(21)14(3)25-26/h4-10,18H,11H2,1-3H3,(H,24,27)/t18-/m1/s1. The number of pyridine rings is 1. The highest BCUT2D eigenvalue weighted by atomic mass is 16.5. The summed E-state index contributed by atoms with van der Waals surface area (Å²) in [6.07, 6.45) is 0. The van der Waals surface area contributed by atoms with Gasteiger partial charge in [0.15, 0.2) is 0 Å². The van der Waals surface area contributed by atoms with E-state index >= 15 is 0 Å². The Kier molecular flexibility index (Phi) is 3.62. The predicted octanol–water partition coefficient (Wildman–Crippen LogP) is 4.20. The molecule has 2 aromatic heterocycles. The van der Waals surface area contributed by atoms with E-state index in [1.807, 2.05) is 63.2 Å². The summed E-state index contributed by atoms with van der Waals surface area (Å²) >= 11 is 0. The molecule has 1 aliphatic heterocycles. The van der Waals surface area contributed by atoms with Gasteiger partial charge in [0.2, 0.25) is 0 Å². The van der Waals surface area contributed by atoms with Crippen LogP contribution in [-0.2, 0) is 0 Å². The quantitative estimate of drug-likeness (QED) is 0.544. The number of nitrogens with zero attached hydrogens (tertiary/aromatic N) is 3. The summed E-state index contributed by atoms with van der Waals surface area (Å²) in [4.78, 5) is 17.8. The second-order valence-corrected chi connectivity index (χ2v) is 7.29. The highest BCUT2D eigenvalue weighted by molar-refractivity contribution is 6.08. The van der Waals surface area contributed by atoms with E-state index in [-0.39, 0.29) is 12.1 Å². The number of aromatic nitrogens is 3. The summed E-state index contributed by atoms with van der Waals surface area (Å²) in [5, 5.41) is 9.45. The normalized spacial score (nSPS) is 15.6. The zero-order valence-corrected chi connectivity index (χ0v) is 16.0. The van der Waals surface area contributed by atoms with Crippen LogP contribution in [0.1, 0.15) is 28.6 Å². The molecular weight excluding hydrogens is 352 g/mol. The van der Waals surface area contributed by atoms with Gasteiger partial charge in [-0.25, -0.2) is 4.79 Å². The van der Waals surface area contributed by atoms with Gasteiger partial charge in [0.1, 0.15) is 12.4 Å². The van der Waals surface area contributed by atoms with Crippen molar-refractivity contribution < 1.29 is 9.53 Å². The summed E-state index contributed by atoms with van der Waals surface area (Å²) < 4.78 is 7.22. The lowest BCUT2D eigenvalue weighted by Gasteiger charge is -2.13. The first-order valence-electron chi connectivity index (χ1n) is 9.32. The van der Waals surface area contributed by atoms with Gasteiger partial charge in [0.05, 0.1) is 22.8 Å². The van der Waals surface area contributed by atoms with Crippen molar-refractivity contribution in [2.24, 2.45) is 0 Å². The maximum atomic E-state index is 13.2. The van der Waals surface area contributed by atoms with Crippen molar-refractivity contribution >= 4 is 27.8 Å². The number of fused-ring (bicyclic) bond motifs is 4. The second kappa shape index (κ2) is 6.05. The van der Waals surface area contributed by atoms with Gasteiger partial charge in [-0.15, -0.1) is 0 Å². The van der Waals surface area contributed by atoms with Gasteiger partial charge in [-0.05, 0) is 38.5 Å². The molecule has 0 saturated carbocycles. The van der Waals surface area contributed by atoms with Crippen molar-refractivity contribution in [3.8, 4) is 5.75 Å². The van der Waals surface area contributed by atoms with Gasteiger partial charge < -0.3 is 10.1 Å². The predicted molar refractivity (Wildman–Crippen MR) is 108 cm³/mol. The fourth-order valence-corrected chi connectivity index (χ4v) is 4.01.